The van der Waals surface area contributed by atoms with Crippen LogP contribution in [-0.4, -0.2) is 52.6 Å². The topological polar surface area (TPSA) is 48.1 Å². The van der Waals surface area contributed by atoms with E-state index in [9.17, 15) is 0 Å². The van der Waals surface area contributed by atoms with Gasteiger partial charge in [0.1, 0.15) is 5.52 Å². The van der Waals surface area contributed by atoms with Gasteiger partial charge in [0.05, 0.1) is 11.2 Å². The van der Waals surface area contributed by atoms with Crippen LogP contribution in [0.3, 0.4) is 0 Å². The van der Waals surface area contributed by atoms with Gasteiger partial charge in [0.15, 0.2) is 0 Å². The van der Waals surface area contributed by atoms with Crippen molar-refractivity contribution in [1.82, 2.24) is 19.9 Å². The van der Waals surface area contributed by atoms with Gasteiger partial charge in [-0.25, -0.2) is 0 Å². The number of hydrogen-bond donors (Lipinski definition) is 1. The molecule has 5 nitrogen and oxygen atoms in total. The Morgan fingerprint density at radius 1 is 0.917 bits per heavy atom. The van der Waals surface area contributed by atoms with Gasteiger partial charge in [0.2, 0.25) is 0 Å². The lowest BCUT2D eigenvalue weighted by Crippen LogP contribution is -2.46. The first-order chi connectivity index (χ1) is 17.7. The first-order valence-electron chi connectivity index (χ1n) is 14.0. The first-order valence-corrected chi connectivity index (χ1v) is 14.0. The minimum atomic E-state index is 0.737. The van der Waals surface area contributed by atoms with Crippen molar-refractivity contribution in [3.8, 4) is 0 Å². The van der Waals surface area contributed by atoms with E-state index in [0.717, 1.165) is 49.0 Å². The van der Waals surface area contributed by atoms with Crippen molar-refractivity contribution in [1.29, 1.82) is 0 Å². The summed E-state index contributed by atoms with van der Waals surface area (Å²) in [5, 5.41) is 1.45. The lowest BCUT2D eigenvalue weighted by Gasteiger charge is -2.36. The third kappa shape index (κ3) is 4.99. The molecule has 6 rings (SSSR count). The van der Waals surface area contributed by atoms with Crippen LogP contribution >= 0.6 is 0 Å². The first kappa shape index (κ1) is 23.5. The minimum Gasteiger partial charge on any atom is -0.367 e. The van der Waals surface area contributed by atoms with Crippen LogP contribution in [0.4, 0.5) is 5.69 Å². The highest BCUT2D eigenvalue weighted by Crippen LogP contribution is 2.40. The summed E-state index contributed by atoms with van der Waals surface area (Å²) in [6.45, 7) is 7.89. The predicted octanol–water partition coefficient (Wildman–Crippen LogP) is 6.69. The van der Waals surface area contributed by atoms with E-state index >= 15 is 0 Å². The second-order valence-electron chi connectivity index (χ2n) is 11.0. The molecule has 2 aliphatic rings. The summed E-state index contributed by atoms with van der Waals surface area (Å²) in [5.74, 6) is 1.67. The second kappa shape index (κ2) is 10.6. The van der Waals surface area contributed by atoms with Gasteiger partial charge in [-0.3, -0.25) is 14.9 Å². The molecule has 0 radical (unpaired) electrons. The maximum Gasteiger partial charge on any atom is 0.112 e. The molecule has 0 spiro atoms. The van der Waals surface area contributed by atoms with Gasteiger partial charge in [-0.05, 0) is 87.2 Å². The van der Waals surface area contributed by atoms with Crippen LogP contribution in [0.5, 0.6) is 0 Å². The Bertz CT molecular complexity index is 1290. The largest absolute Gasteiger partial charge is 0.367 e. The molecule has 3 heterocycles. The molecule has 1 aliphatic heterocycles. The van der Waals surface area contributed by atoms with E-state index in [1.165, 1.54) is 73.6 Å². The van der Waals surface area contributed by atoms with Crippen molar-refractivity contribution < 1.29 is 0 Å². The molecule has 2 aromatic heterocycles. The molecule has 0 unspecified atom stereocenters. The Morgan fingerprint density at radius 2 is 1.75 bits per heavy atom. The summed E-state index contributed by atoms with van der Waals surface area (Å²) in [7, 11) is 0. The number of aromatic nitrogens is 3. The normalized spacial score (nSPS) is 21.4. The number of rotatable bonds is 7. The number of nitrogens with zero attached hydrogens (tertiary/aromatic N) is 4. The summed E-state index contributed by atoms with van der Waals surface area (Å²) in [6, 6.07) is 13.2. The van der Waals surface area contributed by atoms with Gasteiger partial charge >= 0.3 is 0 Å². The number of benzene rings is 2. The number of fused-ring (bicyclic) bond motifs is 2. The molecular weight excluding hydrogens is 442 g/mol. The number of unbranched alkanes of at least 4 members (excludes halogenated alkanes) is 1. The van der Waals surface area contributed by atoms with E-state index in [4.69, 9.17) is 0 Å². The third-order valence-corrected chi connectivity index (χ3v) is 8.68. The van der Waals surface area contributed by atoms with Crippen molar-refractivity contribution in [2.24, 2.45) is 5.92 Å². The number of nitrogens with one attached hydrogen (secondary N) is 1. The summed E-state index contributed by atoms with van der Waals surface area (Å²) < 4.78 is 0. The Balaban J connectivity index is 0.920. The molecule has 188 valence electrons. The average molecular weight is 482 g/mol. The zero-order valence-electron chi connectivity index (χ0n) is 21.6. The fraction of sp³-hybridized carbons (Fsp3) is 0.484. The summed E-state index contributed by atoms with van der Waals surface area (Å²) >= 11 is 0. The van der Waals surface area contributed by atoms with Crippen LogP contribution in [0, 0.1) is 12.8 Å². The quantitative estimate of drug-likeness (QED) is 0.299. The molecule has 0 amide bonds. The average Bonchev–Trinajstić information content (AvgIpc) is 3.34. The van der Waals surface area contributed by atoms with Gasteiger partial charge < -0.3 is 9.88 Å². The third-order valence-electron chi connectivity index (χ3n) is 8.68. The number of anilines is 1. The number of para-hydroxylation sites is 1. The van der Waals surface area contributed by atoms with Gasteiger partial charge in [-0.2, -0.15) is 0 Å². The molecule has 36 heavy (non-hydrogen) atoms. The minimum absolute atomic E-state index is 0.737. The molecule has 1 saturated carbocycles. The SMILES string of the molecule is Cc1ccc2[nH]cc(C3CCC(CCCCN4CCN(c5cccc6nccnc56)CC4)CC3)c2c1. The van der Waals surface area contributed by atoms with Gasteiger partial charge in [-0.15, -0.1) is 0 Å². The number of H-pyrrole nitrogens is 1. The fourth-order valence-corrected chi connectivity index (χ4v) is 6.57. The highest BCUT2D eigenvalue weighted by atomic mass is 15.3. The molecule has 1 aliphatic carbocycles. The molecule has 0 atom stereocenters. The van der Waals surface area contributed by atoms with Crippen LogP contribution in [0.2, 0.25) is 0 Å². The summed E-state index contributed by atoms with van der Waals surface area (Å²) in [6.07, 6.45) is 15.5. The molecule has 0 bridgehead atoms. The lowest BCUT2D eigenvalue weighted by molar-refractivity contribution is 0.244. The van der Waals surface area contributed by atoms with Crippen molar-refractivity contribution >= 4 is 27.6 Å². The van der Waals surface area contributed by atoms with E-state index in [2.05, 4.69) is 74.3 Å². The van der Waals surface area contributed by atoms with Crippen LogP contribution in [0.25, 0.3) is 21.9 Å². The highest BCUT2D eigenvalue weighted by Gasteiger charge is 2.24. The molecule has 2 fully saturated rings. The van der Waals surface area contributed by atoms with Gasteiger partial charge in [0, 0.05) is 55.7 Å². The molecule has 1 saturated heterocycles. The smallest absolute Gasteiger partial charge is 0.112 e. The van der Waals surface area contributed by atoms with Gasteiger partial charge in [0.25, 0.3) is 0 Å². The Kier molecular flexibility index (Phi) is 6.91. The maximum atomic E-state index is 4.60. The van der Waals surface area contributed by atoms with Crippen LogP contribution in [0.15, 0.2) is 55.0 Å². The summed E-state index contributed by atoms with van der Waals surface area (Å²) in [4.78, 5) is 17.7. The van der Waals surface area contributed by atoms with Crippen molar-refractivity contribution in [2.45, 2.75) is 57.8 Å². The van der Waals surface area contributed by atoms with Gasteiger partial charge in [-0.1, -0.05) is 30.5 Å². The zero-order valence-corrected chi connectivity index (χ0v) is 21.6. The van der Waals surface area contributed by atoms with Crippen molar-refractivity contribution in [2.75, 3.05) is 37.6 Å². The van der Waals surface area contributed by atoms with E-state index in [0.29, 0.717) is 0 Å². The van der Waals surface area contributed by atoms with Crippen LogP contribution in [0.1, 0.15) is 62.0 Å². The number of aromatic amines is 1. The van der Waals surface area contributed by atoms with E-state index in [1.54, 1.807) is 18.0 Å². The monoisotopic (exact) mass is 481 g/mol. The van der Waals surface area contributed by atoms with E-state index in [-0.39, 0.29) is 0 Å². The fourth-order valence-electron chi connectivity index (χ4n) is 6.57. The standard InChI is InChI=1S/C31H39N5/c1-23-8-13-28-26(21-23)27(22-34-28)25-11-9-24(10-12-25)5-2-3-16-35-17-19-36(20-18-35)30-7-4-6-29-31(30)33-15-14-32-29/h4,6-8,13-15,21-22,24-25,34H,2-3,5,9-12,16-20H2,1H3. The predicted molar refractivity (Wildman–Crippen MR) is 150 cm³/mol. The zero-order chi connectivity index (χ0) is 24.3. The van der Waals surface area contributed by atoms with Crippen molar-refractivity contribution in [3.63, 3.8) is 0 Å². The molecule has 1 N–H and O–H groups in total. The van der Waals surface area contributed by atoms with Crippen LogP contribution in [-0.2, 0) is 0 Å². The summed E-state index contributed by atoms with van der Waals surface area (Å²) in [5.41, 5.74) is 7.47. The molecule has 5 heteroatoms. The maximum absolute atomic E-state index is 4.60. The number of aryl methyl sites for hydroxylation is 1. The number of hydrogen-bond acceptors (Lipinski definition) is 4. The Hall–Kier alpha value is -2.92. The van der Waals surface area contributed by atoms with E-state index < -0.39 is 0 Å². The lowest BCUT2D eigenvalue weighted by atomic mass is 9.77. The van der Waals surface area contributed by atoms with E-state index in [1.807, 2.05) is 0 Å². The van der Waals surface area contributed by atoms with Crippen LogP contribution < -0.4 is 4.90 Å². The Labute approximate surface area is 214 Å². The number of piperazine rings is 1. The second-order valence-corrected chi connectivity index (χ2v) is 11.0. The van der Waals surface area contributed by atoms with Crippen molar-refractivity contribution in [3.05, 3.63) is 66.1 Å². The molecule has 2 aromatic carbocycles. The molecule has 4 aromatic rings. The Morgan fingerprint density at radius 3 is 2.61 bits per heavy atom. The highest BCUT2D eigenvalue weighted by molar-refractivity contribution is 5.88. The molecular formula is C31H39N5.